The zero-order valence-electron chi connectivity index (χ0n) is 18.5. The topological polar surface area (TPSA) is 65.2 Å². The van der Waals surface area contributed by atoms with Gasteiger partial charge in [0.05, 0.1) is 11.4 Å². The van der Waals surface area contributed by atoms with Crippen LogP contribution in [-0.2, 0) is 19.5 Å². The molecular weight excluding hydrogens is 500 g/mol. The summed E-state index contributed by atoms with van der Waals surface area (Å²) in [6.07, 6.45) is 2.79. The minimum Gasteiger partial charge on any atom is -0.507 e. The van der Waals surface area contributed by atoms with E-state index in [0.717, 1.165) is 0 Å². The monoisotopic (exact) mass is 516 g/mol. The maximum Gasteiger partial charge on any atom is 0.131 e. The fraction of sp³-hybridized carbons (Fsp3) is 0. The van der Waals surface area contributed by atoms with Gasteiger partial charge in [0.2, 0.25) is 0 Å². The molecule has 0 saturated heterocycles. The van der Waals surface area contributed by atoms with Crippen molar-refractivity contribution >= 4 is 45.3 Å². The van der Waals surface area contributed by atoms with Crippen LogP contribution in [-0.4, -0.2) is 22.6 Å². The molecule has 0 fully saturated rings. The Hall–Kier alpha value is -3.96. The summed E-state index contributed by atoms with van der Waals surface area (Å²) < 4.78 is 29.0. The van der Waals surface area contributed by atoms with Gasteiger partial charge in [-0.2, -0.15) is 0 Å². The van der Waals surface area contributed by atoms with Crippen molar-refractivity contribution < 1.29 is 38.5 Å². The van der Waals surface area contributed by atoms with Crippen LogP contribution in [0.2, 0.25) is 0 Å². The van der Waals surface area contributed by atoms with Gasteiger partial charge >= 0.3 is 0 Å². The van der Waals surface area contributed by atoms with Gasteiger partial charge in [0, 0.05) is 53.8 Å². The largest absolute Gasteiger partial charge is 0.507 e. The number of phenolic OH excluding ortho intramolecular Hbond substituents is 2. The minimum atomic E-state index is -0.463. The smallest absolute Gasteiger partial charge is 0.131 e. The Morgan fingerprint density at radius 2 is 0.971 bits per heavy atom. The molecule has 0 bridgehead atoms. The van der Waals surface area contributed by atoms with Gasteiger partial charge < -0.3 is 10.2 Å². The van der Waals surface area contributed by atoms with Crippen LogP contribution in [0, 0.1) is 11.6 Å². The average Bonchev–Trinajstić information content (AvgIpc) is 2.84. The van der Waals surface area contributed by atoms with Crippen molar-refractivity contribution in [3.8, 4) is 11.5 Å². The van der Waals surface area contributed by atoms with Gasteiger partial charge in [-0.05, 0) is 47.2 Å². The van der Waals surface area contributed by atoms with Crippen molar-refractivity contribution in [2.24, 2.45) is 9.98 Å². The zero-order chi connectivity index (χ0) is 23.7. The Labute approximate surface area is 212 Å². The second kappa shape index (κ2) is 10.1. The molecule has 0 unspecified atom stereocenters. The van der Waals surface area contributed by atoms with Crippen molar-refractivity contribution in [1.29, 1.82) is 0 Å². The summed E-state index contributed by atoms with van der Waals surface area (Å²) in [5.74, 6) is -1.12. The first-order chi connectivity index (χ1) is 16.5. The van der Waals surface area contributed by atoms with Gasteiger partial charge in [-0.25, -0.2) is 8.78 Å². The molecule has 7 heteroatoms. The SMILES string of the molecule is Oc1ccc2cccc(F)c2c1C=Nc1ccccc1N=Cc1c(O)ccc2cccc(F)c12.[Zn]. The molecule has 0 aliphatic carbocycles. The second-order valence-corrected chi connectivity index (χ2v) is 7.68. The van der Waals surface area contributed by atoms with E-state index in [-0.39, 0.29) is 52.9 Å². The van der Waals surface area contributed by atoms with Crippen LogP contribution in [0.15, 0.2) is 94.9 Å². The fourth-order valence-corrected chi connectivity index (χ4v) is 3.91. The van der Waals surface area contributed by atoms with E-state index in [1.54, 1.807) is 60.7 Å². The van der Waals surface area contributed by atoms with E-state index < -0.39 is 11.6 Å². The van der Waals surface area contributed by atoms with E-state index in [9.17, 15) is 19.0 Å². The first-order valence-electron chi connectivity index (χ1n) is 10.5. The molecule has 0 amide bonds. The summed E-state index contributed by atoms with van der Waals surface area (Å²) in [6, 6.07) is 22.6. The van der Waals surface area contributed by atoms with Crippen LogP contribution in [0.25, 0.3) is 21.5 Å². The molecule has 168 valence electrons. The number of para-hydroxylation sites is 2. The van der Waals surface area contributed by atoms with Gasteiger partial charge in [-0.15, -0.1) is 0 Å². The molecule has 0 spiro atoms. The van der Waals surface area contributed by atoms with Gasteiger partial charge in [0.25, 0.3) is 0 Å². The average molecular weight is 518 g/mol. The summed E-state index contributed by atoms with van der Waals surface area (Å²) in [4.78, 5) is 8.88. The van der Waals surface area contributed by atoms with Gasteiger partial charge in [-0.3, -0.25) is 9.98 Å². The van der Waals surface area contributed by atoms with Crippen molar-refractivity contribution in [2.75, 3.05) is 0 Å². The third kappa shape index (κ3) is 4.68. The van der Waals surface area contributed by atoms with Crippen LogP contribution < -0.4 is 0 Å². The molecule has 5 rings (SSSR count). The first-order valence-corrected chi connectivity index (χ1v) is 10.5. The Balaban J connectivity index is 0.00000289. The number of aromatic hydroxyl groups is 2. The number of halogens is 2. The van der Waals surface area contributed by atoms with Crippen LogP contribution in [0.1, 0.15) is 11.1 Å². The molecule has 5 aromatic rings. The maximum atomic E-state index is 14.5. The quantitative estimate of drug-likeness (QED) is 0.196. The standard InChI is InChI=1S/C28H18F2N2O2.Zn/c29-21-7-3-5-17-11-13-25(33)19(27(17)21)15-31-23-9-1-2-10-24(23)32-16-20-26(34)14-12-18-6-4-8-22(30)28(18)20;/h1-16,33-34H;. The molecule has 0 aromatic heterocycles. The number of hydrogen-bond acceptors (Lipinski definition) is 4. The Morgan fingerprint density at radius 1 is 0.543 bits per heavy atom. The zero-order valence-corrected chi connectivity index (χ0v) is 21.5. The Kier molecular flexibility index (Phi) is 6.99. The summed E-state index contributed by atoms with van der Waals surface area (Å²) >= 11 is 0. The van der Waals surface area contributed by atoms with Crippen molar-refractivity contribution in [3.63, 3.8) is 0 Å². The molecule has 35 heavy (non-hydrogen) atoms. The van der Waals surface area contributed by atoms with E-state index in [2.05, 4.69) is 9.98 Å². The molecule has 0 aliphatic rings. The van der Waals surface area contributed by atoms with Gasteiger partial charge in [0.1, 0.15) is 23.1 Å². The number of rotatable bonds is 4. The number of hydrogen-bond donors (Lipinski definition) is 2. The number of phenols is 2. The van der Waals surface area contributed by atoms with E-state index in [1.807, 2.05) is 0 Å². The Morgan fingerprint density at radius 3 is 1.40 bits per heavy atom. The van der Waals surface area contributed by atoms with E-state index in [4.69, 9.17) is 0 Å². The summed E-state index contributed by atoms with van der Waals surface area (Å²) in [7, 11) is 0. The molecule has 0 saturated carbocycles. The van der Waals surface area contributed by atoms with Crippen LogP contribution >= 0.6 is 0 Å². The number of aliphatic imine (C=N–C) groups is 2. The number of nitrogens with zero attached hydrogens (tertiary/aromatic N) is 2. The van der Waals surface area contributed by atoms with Gasteiger partial charge in [-0.1, -0.05) is 48.5 Å². The molecule has 0 radical (unpaired) electrons. The number of benzene rings is 5. The third-order valence-corrected chi connectivity index (χ3v) is 5.57. The molecule has 0 aliphatic heterocycles. The first kappa shape index (κ1) is 24.2. The normalized spacial score (nSPS) is 11.5. The van der Waals surface area contributed by atoms with Crippen molar-refractivity contribution in [3.05, 3.63) is 108 Å². The van der Waals surface area contributed by atoms with E-state index in [1.165, 1.54) is 36.7 Å². The van der Waals surface area contributed by atoms with Crippen LogP contribution in [0.4, 0.5) is 20.2 Å². The molecule has 4 nitrogen and oxygen atoms in total. The Bertz CT molecular complexity index is 1500. The summed E-state index contributed by atoms with van der Waals surface area (Å²) in [5.41, 5.74) is 1.41. The summed E-state index contributed by atoms with van der Waals surface area (Å²) in [6.45, 7) is 0. The number of fused-ring (bicyclic) bond motifs is 2. The molecule has 0 heterocycles. The van der Waals surface area contributed by atoms with Gasteiger partial charge in [0.15, 0.2) is 0 Å². The van der Waals surface area contributed by atoms with Crippen molar-refractivity contribution in [1.82, 2.24) is 0 Å². The molecule has 0 atom stereocenters. The molecule has 5 aromatic carbocycles. The fourth-order valence-electron chi connectivity index (χ4n) is 3.91. The van der Waals surface area contributed by atoms with E-state index in [0.29, 0.717) is 22.1 Å². The molecular formula is C28H18F2N2O2Zn. The maximum absolute atomic E-state index is 14.5. The van der Waals surface area contributed by atoms with Crippen LogP contribution in [0.3, 0.4) is 0 Å². The molecule has 2 N–H and O–H groups in total. The van der Waals surface area contributed by atoms with Crippen LogP contribution in [0.5, 0.6) is 11.5 Å². The second-order valence-electron chi connectivity index (χ2n) is 7.68. The predicted octanol–water partition coefficient (Wildman–Crippen LogP) is 7.18. The van der Waals surface area contributed by atoms with Crippen molar-refractivity contribution in [2.45, 2.75) is 0 Å². The summed E-state index contributed by atoms with van der Waals surface area (Å²) in [5, 5.41) is 22.5. The minimum absolute atomic E-state index is 0. The predicted molar refractivity (Wildman–Crippen MR) is 132 cm³/mol. The van der Waals surface area contributed by atoms with E-state index >= 15 is 0 Å². The third-order valence-electron chi connectivity index (χ3n) is 5.57.